The summed E-state index contributed by atoms with van der Waals surface area (Å²) in [7, 11) is 0. The molecule has 0 aliphatic rings. The fourth-order valence-electron chi connectivity index (χ4n) is 2.50. The van der Waals surface area contributed by atoms with Crippen molar-refractivity contribution < 1.29 is 14.8 Å². The molecular formula is C19H19ClN2O4. The van der Waals surface area contributed by atoms with Gasteiger partial charge in [0.15, 0.2) is 0 Å². The topological polar surface area (TPSA) is 92.5 Å². The van der Waals surface area contributed by atoms with Crippen LogP contribution in [0.3, 0.4) is 0 Å². The Balaban J connectivity index is 2.59. The molecule has 0 saturated carbocycles. The lowest BCUT2D eigenvalue weighted by Gasteiger charge is -2.17. The summed E-state index contributed by atoms with van der Waals surface area (Å²) in [6, 6.07) is 9.81. The summed E-state index contributed by atoms with van der Waals surface area (Å²) in [6.45, 7) is 7.25. The molecule has 0 aliphatic heterocycles. The molecule has 0 spiro atoms. The Morgan fingerprint density at radius 2 is 2.00 bits per heavy atom. The average molecular weight is 375 g/mol. The third kappa shape index (κ3) is 4.09. The van der Waals surface area contributed by atoms with Gasteiger partial charge in [0, 0.05) is 33.5 Å². The number of aliphatic hydroxyl groups is 1. The standard InChI is InChI=1S/C19H19ClN2O4/c1-4-18(23)19(24)21-16-9-11(2)17(22(25)26)10-14(16)12(3)13-7-5-6-8-15(13)20/h5-10,18,23H,3-4H2,1-2H3,(H,21,24). The van der Waals surface area contributed by atoms with Crippen molar-refractivity contribution in [1.29, 1.82) is 0 Å². The highest BCUT2D eigenvalue weighted by Gasteiger charge is 2.21. The minimum absolute atomic E-state index is 0.0951. The van der Waals surface area contributed by atoms with Gasteiger partial charge in [-0.25, -0.2) is 0 Å². The first-order chi connectivity index (χ1) is 12.3. The van der Waals surface area contributed by atoms with Gasteiger partial charge in [0.05, 0.1) is 4.92 Å². The number of nitrogens with zero attached hydrogens (tertiary/aromatic N) is 1. The zero-order chi connectivity index (χ0) is 19.4. The van der Waals surface area contributed by atoms with Crippen LogP contribution < -0.4 is 5.32 Å². The van der Waals surface area contributed by atoms with Crippen molar-refractivity contribution in [3.63, 3.8) is 0 Å². The van der Waals surface area contributed by atoms with Gasteiger partial charge < -0.3 is 10.4 Å². The first kappa shape index (κ1) is 19.6. The smallest absolute Gasteiger partial charge is 0.273 e. The first-order valence-corrected chi connectivity index (χ1v) is 8.36. The maximum atomic E-state index is 12.1. The molecule has 136 valence electrons. The Morgan fingerprint density at radius 3 is 2.58 bits per heavy atom. The van der Waals surface area contributed by atoms with E-state index in [2.05, 4.69) is 11.9 Å². The summed E-state index contributed by atoms with van der Waals surface area (Å²) < 4.78 is 0. The summed E-state index contributed by atoms with van der Waals surface area (Å²) in [5.41, 5.74) is 2.01. The molecule has 6 nitrogen and oxygen atoms in total. The van der Waals surface area contributed by atoms with Crippen molar-refractivity contribution in [3.8, 4) is 0 Å². The van der Waals surface area contributed by atoms with Gasteiger partial charge in [-0.2, -0.15) is 0 Å². The number of nitro benzene ring substituents is 1. The molecule has 1 amide bonds. The van der Waals surface area contributed by atoms with E-state index in [1.165, 1.54) is 12.1 Å². The fraction of sp³-hybridized carbons (Fsp3) is 0.211. The molecule has 26 heavy (non-hydrogen) atoms. The van der Waals surface area contributed by atoms with E-state index < -0.39 is 16.9 Å². The van der Waals surface area contributed by atoms with Gasteiger partial charge in [0.25, 0.3) is 11.6 Å². The summed E-state index contributed by atoms with van der Waals surface area (Å²) in [6.07, 6.45) is -0.926. The second kappa shape index (κ2) is 8.12. The van der Waals surface area contributed by atoms with E-state index in [0.29, 0.717) is 33.0 Å². The van der Waals surface area contributed by atoms with Crippen molar-refractivity contribution in [3.05, 3.63) is 74.8 Å². The number of carbonyl (C=O) groups is 1. The van der Waals surface area contributed by atoms with Gasteiger partial charge in [-0.3, -0.25) is 14.9 Å². The third-order valence-electron chi connectivity index (χ3n) is 4.00. The van der Waals surface area contributed by atoms with Gasteiger partial charge in [-0.15, -0.1) is 0 Å². The number of nitro groups is 1. The minimum atomic E-state index is -1.17. The number of carbonyl (C=O) groups excluding carboxylic acids is 1. The molecule has 0 saturated heterocycles. The Bertz CT molecular complexity index is 880. The highest BCUT2D eigenvalue weighted by atomic mass is 35.5. The van der Waals surface area contributed by atoms with Crippen LogP contribution in [0.1, 0.15) is 30.0 Å². The second-order valence-electron chi connectivity index (χ2n) is 5.81. The lowest BCUT2D eigenvalue weighted by Crippen LogP contribution is -2.27. The van der Waals surface area contributed by atoms with Crippen LogP contribution in [-0.4, -0.2) is 22.0 Å². The number of hydrogen-bond donors (Lipinski definition) is 2. The highest BCUT2D eigenvalue weighted by Crippen LogP contribution is 2.36. The van der Waals surface area contributed by atoms with E-state index in [-0.39, 0.29) is 12.1 Å². The molecule has 0 aromatic heterocycles. The average Bonchev–Trinajstić information content (AvgIpc) is 2.60. The van der Waals surface area contributed by atoms with Crippen LogP contribution in [0, 0.1) is 17.0 Å². The molecule has 2 N–H and O–H groups in total. The van der Waals surface area contributed by atoms with Crippen LogP contribution >= 0.6 is 11.6 Å². The number of amides is 1. The van der Waals surface area contributed by atoms with Gasteiger partial charge >= 0.3 is 0 Å². The minimum Gasteiger partial charge on any atom is -0.383 e. The van der Waals surface area contributed by atoms with Gasteiger partial charge in [0.2, 0.25) is 0 Å². The lowest BCUT2D eigenvalue weighted by molar-refractivity contribution is -0.385. The van der Waals surface area contributed by atoms with Crippen LogP contribution in [0.15, 0.2) is 43.0 Å². The molecule has 0 aliphatic carbocycles. The normalized spacial score (nSPS) is 11.7. The molecule has 1 unspecified atom stereocenters. The molecule has 2 aromatic carbocycles. The second-order valence-corrected chi connectivity index (χ2v) is 6.22. The van der Waals surface area contributed by atoms with E-state index in [9.17, 15) is 20.0 Å². The summed E-state index contributed by atoms with van der Waals surface area (Å²) in [5.74, 6) is -0.589. The predicted octanol–water partition coefficient (Wildman–Crippen LogP) is 4.33. The number of rotatable bonds is 6. The number of hydrogen-bond acceptors (Lipinski definition) is 4. The summed E-state index contributed by atoms with van der Waals surface area (Å²) in [4.78, 5) is 22.9. The number of benzene rings is 2. The van der Waals surface area contributed by atoms with Gasteiger partial charge in [-0.05, 0) is 31.1 Å². The van der Waals surface area contributed by atoms with Gasteiger partial charge in [0.1, 0.15) is 6.10 Å². The van der Waals surface area contributed by atoms with E-state index in [1.807, 2.05) is 0 Å². The first-order valence-electron chi connectivity index (χ1n) is 7.98. The maximum absolute atomic E-state index is 12.1. The van der Waals surface area contributed by atoms with Crippen LogP contribution in [0.4, 0.5) is 11.4 Å². The monoisotopic (exact) mass is 374 g/mol. The van der Waals surface area contributed by atoms with Crippen molar-refractivity contribution in [2.75, 3.05) is 5.32 Å². The van der Waals surface area contributed by atoms with Crippen molar-refractivity contribution in [2.45, 2.75) is 26.4 Å². The Labute approximate surface area is 156 Å². The van der Waals surface area contributed by atoms with Crippen LogP contribution in [0.2, 0.25) is 5.02 Å². The number of anilines is 1. The molecule has 0 heterocycles. The van der Waals surface area contributed by atoms with Crippen LogP contribution in [0.25, 0.3) is 5.57 Å². The summed E-state index contributed by atoms with van der Waals surface area (Å²) >= 11 is 6.21. The number of halogens is 1. The van der Waals surface area contributed by atoms with Crippen LogP contribution in [-0.2, 0) is 4.79 Å². The molecule has 0 bridgehead atoms. The molecule has 0 fully saturated rings. The Hall–Kier alpha value is -2.70. The fourth-order valence-corrected chi connectivity index (χ4v) is 2.75. The highest BCUT2D eigenvalue weighted by molar-refractivity contribution is 6.32. The Morgan fingerprint density at radius 1 is 1.35 bits per heavy atom. The molecule has 7 heteroatoms. The Kier molecular flexibility index (Phi) is 6.13. The SMILES string of the molecule is C=C(c1ccccc1Cl)c1cc([N+](=O)[O-])c(C)cc1NC(=O)C(O)CC. The zero-order valence-corrected chi connectivity index (χ0v) is 15.2. The zero-order valence-electron chi connectivity index (χ0n) is 14.5. The maximum Gasteiger partial charge on any atom is 0.273 e. The van der Waals surface area contributed by atoms with Crippen LogP contribution in [0.5, 0.6) is 0 Å². The lowest BCUT2D eigenvalue weighted by atomic mass is 9.95. The van der Waals surface area contributed by atoms with Gasteiger partial charge in [-0.1, -0.05) is 43.3 Å². The van der Waals surface area contributed by atoms with E-state index in [1.54, 1.807) is 38.1 Å². The largest absolute Gasteiger partial charge is 0.383 e. The van der Waals surface area contributed by atoms with E-state index in [0.717, 1.165) is 0 Å². The summed E-state index contributed by atoms with van der Waals surface area (Å²) in [5, 5.41) is 24.1. The molecule has 1 atom stereocenters. The van der Waals surface area contributed by atoms with E-state index >= 15 is 0 Å². The molecule has 2 aromatic rings. The van der Waals surface area contributed by atoms with Crippen molar-refractivity contribution in [1.82, 2.24) is 0 Å². The quantitative estimate of drug-likeness (QED) is 0.581. The van der Waals surface area contributed by atoms with Crippen molar-refractivity contribution in [2.24, 2.45) is 0 Å². The molecular weight excluding hydrogens is 356 g/mol. The van der Waals surface area contributed by atoms with Crippen molar-refractivity contribution >= 4 is 34.5 Å². The third-order valence-corrected chi connectivity index (χ3v) is 4.33. The molecule has 0 radical (unpaired) electrons. The molecule has 2 rings (SSSR count). The number of nitrogens with one attached hydrogen (secondary N) is 1. The number of aryl methyl sites for hydroxylation is 1. The van der Waals surface area contributed by atoms with E-state index in [4.69, 9.17) is 11.6 Å². The number of aliphatic hydroxyl groups excluding tert-OH is 1. The predicted molar refractivity (Wildman–Crippen MR) is 102 cm³/mol.